The summed E-state index contributed by atoms with van der Waals surface area (Å²) in [4.78, 5) is 26.8. The maximum atomic E-state index is 12.5. The van der Waals surface area contributed by atoms with Gasteiger partial charge in [-0.1, -0.05) is 18.2 Å². The molecule has 1 aliphatic rings. The summed E-state index contributed by atoms with van der Waals surface area (Å²) >= 11 is 0. The number of hydrogen-bond donors (Lipinski definition) is 0. The van der Waals surface area contributed by atoms with Crippen molar-refractivity contribution < 1.29 is 18.7 Å². The number of morpholine rings is 1. The van der Waals surface area contributed by atoms with Gasteiger partial charge >= 0.3 is 5.97 Å². The Bertz CT molecular complexity index is 1040. The van der Waals surface area contributed by atoms with Crippen molar-refractivity contribution in [1.29, 1.82) is 0 Å². The highest BCUT2D eigenvalue weighted by Crippen LogP contribution is 2.29. The van der Waals surface area contributed by atoms with Crippen molar-refractivity contribution in [1.82, 2.24) is 0 Å². The lowest BCUT2D eigenvalue weighted by atomic mass is 10.1. The molecule has 0 radical (unpaired) electrons. The summed E-state index contributed by atoms with van der Waals surface area (Å²) < 4.78 is 16.9. The smallest absolute Gasteiger partial charge is 0.343 e. The normalized spacial score (nSPS) is 14.3. The zero-order valence-corrected chi connectivity index (χ0v) is 14.9. The van der Waals surface area contributed by atoms with E-state index in [1.165, 1.54) is 6.07 Å². The topological polar surface area (TPSA) is 69.0 Å². The lowest BCUT2D eigenvalue weighted by Crippen LogP contribution is -2.36. The minimum Gasteiger partial charge on any atom is -0.440 e. The number of nitrogens with zero attached hydrogens (tertiary/aromatic N) is 1. The van der Waals surface area contributed by atoms with Crippen molar-refractivity contribution in [3.63, 3.8) is 0 Å². The molecule has 2 aromatic carbocycles. The second-order valence-electron chi connectivity index (χ2n) is 6.37. The van der Waals surface area contributed by atoms with Crippen LogP contribution in [0.15, 0.2) is 57.7 Å². The average molecular weight is 365 g/mol. The molecule has 3 aromatic rings. The van der Waals surface area contributed by atoms with Crippen molar-refractivity contribution in [2.75, 3.05) is 31.2 Å². The third-order valence-corrected chi connectivity index (χ3v) is 4.62. The van der Waals surface area contributed by atoms with Crippen LogP contribution < -0.4 is 15.1 Å². The second-order valence-corrected chi connectivity index (χ2v) is 6.37. The molecule has 0 unspecified atom stereocenters. The van der Waals surface area contributed by atoms with E-state index in [0.717, 1.165) is 0 Å². The van der Waals surface area contributed by atoms with Gasteiger partial charge in [-0.25, -0.2) is 4.79 Å². The van der Waals surface area contributed by atoms with Gasteiger partial charge in [0.15, 0.2) is 11.3 Å². The van der Waals surface area contributed by atoms with Gasteiger partial charge in [-0.2, -0.15) is 0 Å². The lowest BCUT2D eigenvalue weighted by molar-refractivity contribution is 0.0733. The van der Waals surface area contributed by atoms with E-state index in [-0.39, 0.29) is 5.43 Å². The molecule has 0 saturated carbocycles. The number of ether oxygens (including phenoxy) is 2. The molecular formula is C21H19NO5. The minimum absolute atomic E-state index is 0.123. The fourth-order valence-corrected chi connectivity index (χ4v) is 3.11. The summed E-state index contributed by atoms with van der Waals surface area (Å²) in [5.41, 5.74) is 1.38. The van der Waals surface area contributed by atoms with Crippen LogP contribution in [0, 0.1) is 6.92 Å². The summed E-state index contributed by atoms with van der Waals surface area (Å²) in [6.45, 7) is 4.29. The first-order valence-corrected chi connectivity index (χ1v) is 8.81. The third kappa shape index (κ3) is 3.44. The highest BCUT2D eigenvalue weighted by Gasteiger charge is 2.18. The van der Waals surface area contributed by atoms with Gasteiger partial charge in [0.1, 0.15) is 11.3 Å². The average Bonchev–Trinajstić information content (AvgIpc) is 2.71. The van der Waals surface area contributed by atoms with Gasteiger partial charge in [0.2, 0.25) is 0 Å². The summed E-state index contributed by atoms with van der Waals surface area (Å²) in [5.74, 6) is 0.425. The van der Waals surface area contributed by atoms with E-state index in [4.69, 9.17) is 13.9 Å². The number of rotatable bonds is 3. The van der Waals surface area contributed by atoms with Crippen molar-refractivity contribution in [2.24, 2.45) is 0 Å². The molecule has 1 aromatic heterocycles. The van der Waals surface area contributed by atoms with Gasteiger partial charge in [0.05, 0.1) is 24.2 Å². The number of carbonyl (C=O) groups is 1. The van der Waals surface area contributed by atoms with Crippen LogP contribution in [0.5, 0.6) is 5.75 Å². The highest BCUT2D eigenvalue weighted by atomic mass is 16.5. The molecule has 1 fully saturated rings. The Balaban J connectivity index is 1.71. The third-order valence-electron chi connectivity index (χ3n) is 4.62. The predicted octanol–water partition coefficient (Wildman–Crippen LogP) is 3.16. The van der Waals surface area contributed by atoms with Crippen LogP contribution in [-0.4, -0.2) is 32.3 Å². The lowest BCUT2D eigenvalue weighted by Gasteiger charge is -2.27. The van der Waals surface area contributed by atoms with Gasteiger partial charge in [-0.3, -0.25) is 4.79 Å². The van der Waals surface area contributed by atoms with E-state index in [1.54, 1.807) is 43.3 Å². The van der Waals surface area contributed by atoms with E-state index in [2.05, 4.69) is 0 Å². The maximum absolute atomic E-state index is 12.5. The van der Waals surface area contributed by atoms with E-state index < -0.39 is 5.97 Å². The zero-order valence-electron chi connectivity index (χ0n) is 14.9. The SMILES string of the molecule is Cc1c(OC(=O)c2ccccc2)ccc2c(=O)cc(N3CCOCC3)oc12. The maximum Gasteiger partial charge on any atom is 0.343 e. The molecule has 0 bridgehead atoms. The van der Waals surface area contributed by atoms with Crippen LogP contribution in [0.1, 0.15) is 15.9 Å². The highest BCUT2D eigenvalue weighted by molar-refractivity contribution is 5.92. The van der Waals surface area contributed by atoms with Crippen molar-refractivity contribution >= 4 is 22.8 Å². The molecule has 0 spiro atoms. The van der Waals surface area contributed by atoms with Gasteiger partial charge in [-0.15, -0.1) is 0 Å². The quantitative estimate of drug-likeness (QED) is 0.525. The molecule has 6 heteroatoms. The number of anilines is 1. The number of benzene rings is 2. The molecule has 2 heterocycles. The molecule has 1 saturated heterocycles. The van der Waals surface area contributed by atoms with E-state index >= 15 is 0 Å². The van der Waals surface area contributed by atoms with Crippen LogP contribution in [0.4, 0.5) is 5.88 Å². The Hall–Kier alpha value is -3.12. The van der Waals surface area contributed by atoms with E-state index in [0.29, 0.717) is 60.0 Å². The summed E-state index contributed by atoms with van der Waals surface area (Å²) in [6, 6.07) is 13.5. The van der Waals surface area contributed by atoms with Gasteiger partial charge in [-0.05, 0) is 31.2 Å². The van der Waals surface area contributed by atoms with Crippen LogP contribution >= 0.6 is 0 Å². The number of hydrogen-bond acceptors (Lipinski definition) is 6. The van der Waals surface area contributed by atoms with Crippen LogP contribution in [-0.2, 0) is 4.74 Å². The summed E-state index contributed by atoms with van der Waals surface area (Å²) in [6.07, 6.45) is 0. The monoisotopic (exact) mass is 365 g/mol. The van der Waals surface area contributed by atoms with Gasteiger partial charge < -0.3 is 18.8 Å². The zero-order chi connectivity index (χ0) is 18.8. The molecule has 0 aliphatic carbocycles. The minimum atomic E-state index is -0.454. The first-order chi connectivity index (χ1) is 13.1. The number of fused-ring (bicyclic) bond motifs is 1. The standard InChI is InChI=1S/C21H19NO5/c1-14-18(26-21(24)15-5-3-2-4-6-15)8-7-16-17(23)13-19(27-20(14)16)22-9-11-25-12-10-22/h2-8,13H,9-12H2,1H3. The predicted molar refractivity (Wildman–Crippen MR) is 102 cm³/mol. The largest absolute Gasteiger partial charge is 0.440 e. The van der Waals surface area contributed by atoms with Crippen molar-refractivity contribution in [3.05, 3.63) is 69.9 Å². The molecule has 6 nitrogen and oxygen atoms in total. The Morgan fingerprint density at radius 2 is 1.81 bits per heavy atom. The molecular weight excluding hydrogens is 346 g/mol. The molecule has 0 N–H and O–H groups in total. The molecule has 4 rings (SSSR count). The van der Waals surface area contributed by atoms with E-state index in [1.807, 2.05) is 11.0 Å². The molecule has 0 amide bonds. The first kappa shape index (κ1) is 17.3. The Morgan fingerprint density at radius 3 is 2.56 bits per heavy atom. The Kier molecular flexibility index (Phi) is 4.64. The molecule has 0 atom stereocenters. The number of esters is 1. The van der Waals surface area contributed by atoms with Crippen LogP contribution in [0.3, 0.4) is 0 Å². The molecule has 138 valence electrons. The van der Waals surface area contributed by atoms with Crippen LogP contribution in [0.2, 0.25) is 0 Å². The second kappa shape index (κ2) is 7.25. The van der Waals surface area contributed by atoms with Gasteiger partial charge in [0, 0.05) is 24.7 Å². The van der Waals surface area contributed by atoms with Crippen molar-refractivity contribution in [2.45, 2.75) is 6.92 Å². The Labute approximate surface area is 155 Å². The van der Waals surface area contributed by atoms with Gasteiger partial charge in [0.25, 0.3) is 0 Å². The summed E-state index contributed by atoms with van der Waals surface area (Å²) in [7, 11) is 0. The fourth-order valence-electron chi connectivity index (χ4n) is 3.11. The molecule has 27 heavy (non-hydrogen) atoms. The Morgan fingerprint density at radius 1 is 1.07 bits per heavy atom. The fraction of sp³-hybridized carbons (Fsp3) is 0.238. The first-order valence-electron chi connectivity index (χ1n) is 8.81. The molecule has 1 aliphatic heterocycles. The van der Waals surface area contributed by atoms with E-state index in [9.17, 15) is 9.59 Å². The number of aryl methyl sites for hydroxylation is 1. The number of carbonyl (C=O) groups excluding carboxylic acids is 1. The van der Waals surface area contributed by atoms with Crippen LogP contribution in [0.25, 0.3) is 11.0 Å². The van der Waals surface area contributed by atoms with Crippen molar-refractivity contribution in [3.8, 4) is 5.75 Å². The summed E-state index contributed by atoms with van der Waals surface area (Å²) in [5, 5.41) is 0.462.